The number of fused-ring (bicyclic) bond motifs is 3. The highest BCUT2D eigenvalue weighted by molar-refractivity contribution is 6.62. The highest BCUT2D eigenvalue weighted by atomic mass is 16.7. The normalized spacial score (nSPS) is 18.8. The van der Waals surface area contributed by atoms with Crippen LogP contribution in [0.2, 0.25) is 0 Å². The predicted octanol–water partition coefficient (Wildman–Crippen LogP) is 4.89. The largest absolute Gasteiger partial charge is 0.494 e. The molecule has 30 heavy (non-hydrogen) atoms. The van der Waals surface area contributed by atoms with Gasteiger partial charge in [0.05, 0.1) is 22.6 Å². The third kappa shape index (κ3) is 2.92. The number of rotatable bonds is 2. The highest BCUT2D eigenvalue weighted by Crippen LogP contribution is 2.44. The van der Waals surface area contributed by atoms with E-state index in [0.29, 0.717) is 0 Å². The third-order valence-electron chi connectivity index (χ3n) is 6.70. The van der Waals surface area contributed by atoms with Crippen molar-refractivity contribution in [2.75, 3.05) is 10.6 Å². The smallest absolute Gasteiger partial charge is 0.399 e. The van der Waals surface area contributed by atoms with E-state index < -0.39 is 7.12 Å². The molecule has 0 atom stereocenters. The standard InChI is InChI=1S/C25H27BN2O2/c1-24(2)25(3,4)30-26(29-24)18-13-14-20-19-10-6-5-9-17(19)16-28(23(20)15-18)22-12-8-7-11-21(22)27/h5-15H,16,27H2,1-4H3. The summed E-state index contributed by atoms with van der Waals surface area (Å²) >= 11 is 0. The van der Waals surface area contributed by atoms with E-state index >= 15 is 0 Å². The lowest BCUT2D eigenvalue weighted by Gasteiger charge is -2.34. The fourth-order valence-corrected chi connectivity index (χ4v) is 4.25. The monoisotopic (exact) mass is 398 g/mol. The fourth-order valence-electron chi connectivity index (χ4n) is 4.25. The number of hydrogen-bond acceptors (Lipinski definition) is 4. The molecule has 0 aromatic heterocycles. The number of para-hydroxylation sites is 2. The zero-order valence-corrected chi connectivity index (χ0v) is 18.0. The molecule has 0 saturated carbocycles. The van der Waals surface area contributed by atoms with E-state index in [-0.39, 0.29) is 11.2 Å². The molecule has 1 saturated heterocycles. The molecule has 0 aliphatic carbocycles. The van der Waals surface area contributed by atoms with Gasteiger partial charge in [0, 0.05) is 17.8 Å². The molecule has 0 radical (unpaired) electrons. The second-order valence-corrected chi connectivity index (χ2v) is 9.17. The molecule has 4 nitrogen and oxygen atoms in total. The summed E-state index contributed by atoms with van der Waals surface area (Å²) in [5.74, 6) is 0. The molecule has 5 rings (SSSR count). The van der Waals surface area contributed by atoms with Crippen LogP contribution in [0, 0.1) is 0 Å². The van der Waals surface area contributed by atoms with E-state index in [0.717, 1.165) is 29.1 Å². The Bertz CT molecular complexity index is 1110. The van der Waals surface area contributed by atoms with Crippen LogP contribution < -0.4 is 16.1 Å². The van der Waals surface area contributed by atoms with Crippen molar-refractivity contribution in [3.05, 3.63) is 72.3 Å². The molecule has 152 valence electrons. The van der Waals surface area contributed by atoms with E-state index in [4.69, 9.17) is 15.0 Å². The number of hydrogen-bond donors (Lipinski definition) is 1. The summed E-state index contributed by atoms with van der Waals surface area (Å²) in [6, 6.07) is 23.1. The molecular weight excluding hydrogens is 371 g/mol. The van der Waals surface area contributed by atoms with Crippen LogP contribution in [0.4, 0.5) is 17.1 Å². The summed E-state index contributed by atoms with van der Waals surface area (Å²) in [6.45, 7) is 9.10. The summed E-state index contributed by atoms with van der Waals surface area (Å²) < 4.78 is 12.6. The first-order valence-electron chi connectivity index (χ1n) is 10.5. The summed E-state index contributed by atoms with van der Waals surface area (Å²) in [5.41, 5.74) is 13.3. The third-order valence-corrected chi connectivity index (χ3v) is 6.70. The molecule has 3 aromatic rings. The van der Waals surface area contributed by atoms with E-state index in [1.54, 1.807) is 0 Å². The van der Waals surface area contributed by atoms with Gasteiger partial charge >= 0.3 is 7.12 Å². The zero-order valence-electron chi connectivity index (χ0n) is 18.0. The van der Waals surface area contributed by atoms with Gasteiger partial charge in [0.25, 0.3) is 0 Å². The average molecular weight is 398 g/mol. The molecule has 3 aromatic carbocycles. The number of nitrogen functional groups attached to an aromatic ring is 1. The van der Waals surface area contributed by atoms with E-state index in [1.807, 2.05) is 18.2 Å². The maximum atomic E-state index is 6.37. The number of benzene rings is 3. The average Bonchev–Trinajstić information content (AvgIpc) is 2.94. The zero-order chi connectivity index (χ0) is 21.1. The van der Waals surface area contributed by atoms with Crippen LogP contribution in [-0.2, 0) is 15.9 Å². The van der Waals surface area contributed by atoms with Gasteiger partial charge in [-0.2, -0.15) is 0 Å². The number of anilines is 3. The highest BCUT2D eigenvalue weighted by Gasteiger charge is 2.51. The molecule has 0 unspecified atom stereocenters. The van der Waals surface area contributed by atoms with Crippen molar-refractivity contribution < 1.29 is 9.31 Å². The van der Waals surface area contributed by atoms with Crippen molar-refractivity contribution in [1.29, 1.82) is 0 Å². The molecule has 0 bridgehead atoms. The van der Waals surface area contributed by atoms with Gasteiger partial charge in [-0.15, -0.1) is 0 Å². The Labute approximate surface area is 178 Å². The molecule has 2 aliphatic rings. The van der Waals surface area contributed by atoms with Crippen LogP contribution in [0.15, 0.2) is 66.7 Å². The maximum Gasteiger partial charge on any atom is 0.494 e. The van der Waals surface area contributed by atoms with Gasteiger partial charge in [0.15, 0.2) is 0 Å². The van der Waals surface area contributed by atoms with Crippen molar-refractivity contribution in [1.82, 2.24) is 0 Å². The van der Waals surface area contributed by atoms with Gasteiger partial charge in [-0.25, -0.2) is 0 Å². The first-order valence-corrected chi connectivity index (χ1v) is 10.5. The first-order chi connectivity index (χ1) is 14.3. The lowest BCUT2D eigenvalue weighted by molar-refractivity contribution is 0.00578. The second kappa shape index (κ2) is 6.63. The minimum Gasteiger partial charge on any atom is -0.399 e. The van der Waals surface area contributed by atoms with Crippen LogP contribution >= 0.6 is 0 Å². The Morgan fingerprint density at radius 2 is 1.47 bits per heavy atom. The summed E-state index contributed by atoms with van der Waals surface area (Å²) in [6.07, 6.45) is 0. The molecule has 2 heterocycles. The maximum absolute atomic E-state index is 6.37. The first kappa shape index (κ1) is 19.2. The molecule has 2 aliphatic heterocycles. The predicted molar refractivity (Wildman–Crippen MR) is 124 cm³/mol. The van der Waals surface area contributed by atoms with Crippen molar-refractivity contribution in [2.45, 2.75) is 45.4 Å². The Morgan fingerprint density at radius 3 is 2.20 bits per heavy atom. The van der Waals surface area contributed by atoms with Gasteiger partial charge in [-0.05, 0) is 62.5 Å². The lowest BCUT2D eigenvalue weighted by Crippen LogP contribution is -2.41. The van der Waals surface area contributed by atoms with Crippen molar-refractivity contribution in [3.63, 3.8) is 0 Å². The molecule has 0 spiro atoms. The topological polar surface area (TPSA) is 47.7 Å². The van der Waals surface area contributed by atoms with Crippen LogP contribution in [0.25, 0.3) is 11.1 Å². The Balaban J connectivity index is 1.64. The molecule has 1 fully saturated rings. The molecular formula is C25H27BN2O2. The van der Waals surface area contributed by atoms with Gasteiger partial charge < -0.3 is 19.9 Å². The summed E-state index contributed by atoms with van der Waals surface area (Å²) in [5, 5.41) is 0. The van der Waals surface area contributed by atoms with Crippen molar-refractivity contribution in [2.24, 2.45) is 0 Å². The van der Waals surface area contributed by atoms with E-state index in [1.165, 1.54) is 16.7 Å². The number of nitrogens with two attached hydrogens (primary N) is 1. The second-order valence-electron chi connectivity index (χ2n) is 9.17. The quantitative estimate of drug-likeness (QED) is 0.494. The van der Waals surface area contributed by atoms with E-state index in [2.05, 4.69) is 81.1 Å². The summed E-state index contributed by atoms with van der Waals surface area (Å²) in [4.78, 5) is 2.29. The van der Waals surface area contributed by atoms with Gasteiger partial charge in [-0.1, -0.05) is 48.5 Å². The number of nitrogens with zero attached hydrogens (tertiary/aromatic N) is 1. The molecule has 0 amide bonds. The fraction of sp³-hybridized carbons (Fsp3) is 0.280. The van der Waals surface area contributed by atoms with Crippen molar-refractivity contribution >= 4 is 29.6 Å². The Morgan fingerprint density at radius 1 is 0.800 bits per heavy atom. The van der Waals surface area contributed by atoms with Crippen LogP contribution in [-0.4, -0.2) is 18.3 Å². The minimum absolute atomic E-state index is 0.371. The molecule has 5 heteroatoms. The van der Waals surface area contributed by atoms with Gasteiger partial charge in [0.2, 0.25) is 0 Å². The van der Waals surface area contributed by atoms with Gasteiger partial charge in [-0.3, -0.25) is 0 Å². The van der Waals surface area contributed by atoms with Crippen LogP contribution in [0.1, 0.15) is 33.3 Å². The SMILES string of the molecule is CC1(C)OB(c2ccc3c(c2)N(c2ccccc2N)Cc2ccccc2-3)OC1(C)C. The van der Waals surface area contributed by atoms with Crippen LogP contribution in [0.5, 0.6) is 0 Å². The van der Waals surface area contributed by atoms with Crippen LogP contribution in [0.3, 0.4) is 0 Å². The van der Waals surface area contributed by atoms with Crippen molar-refractivity contribution in [3.8, 4) is 11.1 Å². The van der Waals surface area contributed by atoms with Gasteiger partial charge in [0.1, 0.15) is 0 Å². The minimum atomic E-state index is -0.396. The Hall–Kier alpha value is -2.76. The molecule has 2 N–H and O–H groups in total. The summed E-state index contributed by atoms with van der Waals surface area (Å²) in [7, 11) is -0.396. The van der Waals surface area contributed by atoms with E-state index in [9.17, 15) is 0 Å². The lowest BCUT2D eigenvalue weighted by atomic mass is 9.77. The Kier molecular flexibility index (Phi) is 4.25.